The fraction of sp³-hybridized carbons (Fsp3) is 0.300. The Morgan fingerprint density at radius 2 is 2.07 bits per heavy atom. The predicted octanol–water partition coefficient (Wildman–Crippen LogP) is 3.29. The van der Waals surface area contributed by atoms with Crippen LogP contribution in [0, 0.1) is 0 Å². The van der Waals surface area contributed by atoms with Gasteiger partial charge in [0.2, 0.25) is 0 Å². The summed E-state index contributed by atoms with van der Waals surface area (Å²) < 4.78 is 42.7. The van der Waals surface area contributed by atoms with E-state index in [1.807, 2.05) is 0 Å². The molecule has 80 valence electrons. The first kappa shape index (κ1) is 10.0. The van der Waals surface area contributed by atoms with Crippen molar-refractivity contribution in [3.8, 4) is 0 Å². The second kappa shape index (κ2) is 3.25. The lowest BCUT2D eigenvalue weighted by atomic mass is 10.1. The van der Waals surface area contributed by atoms with Crippen molar-refractivity contribution in [3.63, 3.8) is 0 Å². The van der Waals surface area contributed by atoms with Crippen molar-refractivity contribution in [1.29, 1.82) is 0 Å². The summed E-state index contributed by atoms with van der Waals surface area (Å²) in [5, 5.41) is 0. The number of fused-ring (bicyclic) bond motifs is 1. The van der Waals surface area contributed by atoms with Crippen LogP contribution in [0.3, 0.4) is 0 Å². The molecule has 0 saturated carbocycles. The minimum Gasteiger partial charge on any atom is -0.476 e. The zero-order chi connectivity index (χ0) is 11.1. The lowest BCUT2D eigenvalue weighted by Gasteiger charge is -2.19. The van der Waals surface area contributed by atoms with Crippen molar-refractivity contribution in [2.45, 2.75) is 19.7 Å². The van der Waals surface area contributed by atoms with Crippen molar-refractivity contribution in [2.24, 2.45) is 4.99 Å². The van der Waals surface area contributed by atoms with Crippen LogP contribution >= 0.6 is 0 Å². The molecule has 1 aromatic rings. The summed E-state index contributed by atoms with van der Waals surface area (Å²) in [7, 11) is 0. The van der Waals surface area contributed by atoms with E-state index in [9.17, 15) is 13.2 Å². The Kier molecular flexibility index (Phi) is 2.17. The van der Waals surface area contributed by atoms with Crippen LogP contribution in [-0.2, 0) is 17.5 Å². The molecule has 0 N–H and O–H groups in total. The number of nitrogens with zero attached hydrogens (tertiary/aromatic N) is 1. The maximum atomic E-state index is 12.6. The zero-order valence-corrected chi connectivity index (χ0v) is 7.93. The Morgan fingerprint density at radius 1 is 1.33 bits per heavy atom. The Labute approximate surface area is 84.4 Å². The molecule has 2 rings (SSSR count). The molecule has 15 heavy (non-hydrogen) atoms. The van der Waals surface area contributed by atoms with Crippen molar-refractivity contribution < 1.29 is 17.9 Å². The van der Waals surface area contributed by atoms with Crippen LogP contribution in [0.5, 0.6) is 0 Å². The molecular formula is C10H8F3NO. The zero-order valence-electron chi connectivity index (χ0n) is 7.93. The van der Waals surface area contributed by atoms with Crippen molar-refractivity contribution in [2.75, 3.05) is 0 Å². The highest BCUT2D eigenvalue weighted by atomic mass is 19.4. The third kappa shape index (κ3) is 1.82. The number of hydrogen-bond acceptors (Lipinski definition) is 2. The number of halogens is 3. The first-order chi connectivity index (χ1) is 6.98. The largest absolute Gasteiger partial charge is 0.476 e. The van der Waals surface area contributed by atoms with Gasteiger partial charge in [0.1, 0.15) is 6.61 Å². The molecule has 0 atom stereocenters. The highest BCUT2D eigenvalue weighted by molar-refractivity contribution is 5.79. The van der Waals surface area contributed by atoms with Crippen LogP contribution in [-0.4, -0.2) is 5.90 Å². The quantitative estimate of drug-likeness (QED) is 0.650. The van der Waals surface area contributed by atoms with Gasteiger partial charge in [0.25, 0.3) is 0 Å². The summed E-state index contributed by atoms with van der Waals surface area (Å²) in [6.07, 6.45) is -4.35. The molecule has 1 aliphatic rings. The SMILES string of the molecule is CC1=Nc2cccc(C(F)(F)F)c2CO1. The van der Waals surface area contributed by atoms with Gasteiger partial charge in [-0.05, 0) is 12.1 Å². The maximum Gasteiger partial charge on any atom is 0.416 e. The third-order valence-corrected chi connectivity index (χ3v) is 2.16. The molecule has 5 heteroatoms. The fourth-order valence-corrected chi connectivity index (χ4v) is 1.48. The molecule has 0 radical (unpaired) electrons. The van der Waals surface area contributed by atoms with E-state index in [-0.39, 0.29) is 12.2 Å². The van der Waals surface area contributed by atoms with E-state index >= 15 is 0 Å². The van der Waals surface area contributed by atoms with Crippen LogP contribution in [0.15, 0.2) is 23.2 Å². The average Bonchev–Trinajstić information content (AvgIpc) is 2.15. The predicted molar refractivity (Wildman–Crippen MR) is 49.0 cm³/mol. The highest BCUT2D eigenvalue weighted by Gasteiger charge is 2.35. The van der Waals surface area contributed by atoms with E-state index in [2.05, 4.69) is 4.99 Å². The third-order valence-electron chi connectivity index (χ3n) is 2.16. The minimum absolute atomic E-state index is 0.0691. The Balaban J connectivity index is 2.57. The van der Waals surface area contributed by atoms with E-state index in [0.29, 0.717) is 11.6 Å². The number of rotatable bonds is 0. The monoisotopic (exact) mass is 215 g/mol. The van der Waals surface area contributed by atoms with Crippen molar-refractivity contribution >= 4 is 11.6 Å². The number of ether oxygens (including phenoxy) is 1. The molecular weight excluding hydrogens is 207 g/mol. The summed E-state index contributed by atoms with van der Waals surface area (Å²) >= 11 is 0. The van der Waals surface area contributed by atoms with Gasteiger partial charge >= 0.3 is 6.18 Å². The average molecular weight is 215 g/mol. The molecule has 0 amide bonds. The molecule has 0 spiro atoms. The van der Waals surface area contributed by atoms with Gasteiger partial charge in [-0.2, -0.15) is 13.2 Å². The molecule has 1 aliphatic heterocycles. The standard InChI is InChI=1S/C10H8F3NO/c1-6-14-9-4-2-3-8(10(11,12)13)7(9)5-15-6/h2-4H,5H2,1H3. The number of alkyl halides is 3. The van der Waals surface area contributed by atoms with Gasteiger partial charge in [-0.15, -0.1) is 0 Å². The molecule has 0 fully saturated rings. The summed E-state index contributed by atoms with van der Waals surface area (Å²) in [6, 6.07) is 3.94. The molecule has 0 bridgehead atoms. The van der Waals surface area contributed by atoms with Crippen molar-refractivity contribution in [3.05, 3.63) is 29.3 Å². The van der Waals surface area contributed by atoms with E-state index in [0.717, 1.165) is 6.07 Å². The second-order valence-corrected chi connectivity index (χ2v) is 3.22. The van der Waals surface area contributed by atoms with Crippen LogP contribution in [0.4, 0.5) is 18.9 Å². The lowest BCUT2D eigenvalue weighted by molar-refractivity contribution is -0.138. The van der Waals surface area contributed by atoms with Gasteiger partial charge in [-0.1, -0.05) is 6.07 Å². The molecule has 2 nitrogen and oxygen atoms in total. The fourth-order valence-electron chi connectivity index (χ4n) is 1.48. The Morgan fingerprint density at radius 3 is 2.73 bits per heavy atom. The van der Waals surface area contributed by atoms with E-state index in [1.165, 1.54) is 6.07 Å². The smallest absolute Gasteiger partial charge is 0.416 e. The van der Waals surface area contributed by atoms with Gasteiger partial charge in [0, 0.05) is 12.5 Å². The van der Waals surface area contributed by atoms with Crippen LogP contribution in [0.1, 0.15) is 18.1 Å². The van der Waals surface area contributed by atoms with Crippen LogP contribution in [0.25, 0.3) is 0 Å². The number of aliphatic imine (C=N–C) groups is 1. The van der Waals surface area contributed by atoms with E-state index in [1.54, 1.807) is 13.0 Å². The molecule has 1 aromatic carbocycles. The first-order valence-corrected chi connectivity index (χ1v) is 4.35. The molecule has 0 aliphatic carbocycles. The van der Waals surface area contributed by atoms with Crippen LogP contribution < -0.4 is 0 Å². The maximum absolute atomic E-state index is 12.6. The molecule has 1 heterocycles. The summed E-state index contributed by atoms with van der Waals surface area (Å²) in [6.45, 7) is 1.55. The minimum atomic E-state index is -4.35. The molecule has 0 saturated heterocycles. The number of hydrogen-bond donors (Lipinski definition) is 0. The summed E-state index contributed by atoms with van der Waals surface area (Å²) in [5.74, 6) is 0.391. The summed E-state index contributed by atoms with van der Waals surface area (Å²) in [5.41, 5.74) is -0.222. The Hall–Kier alpha value is -1.52. The van der Waals surface area contributed by atoms with Gasteiger partial charge in [-0.25, -0.2) is 4.99 Å². The Bertz CT molecular complexity index is 423. The second-order valence-electron chi connectivity index (χ2n) is 3.22. The topological polar surface area (TPSA) is 21.6 Å². The lowest BCUT2D eigenvalue weighted by Crippen LogP contribution is -2.14. The summed E-state index contributed by atoms with van der Waals surface area (Å²) in [4.78, 5) is 3.91. The number of benzene rings is 1. The normalized spacial score (nSPS) is 15.3. The first-order valence-electron chi connectivity index (χ1n) is 4.35. The van der Waals surface area contributed by atoms with Crippen molar-refractivity contribution in [1.82, 2.24) is 0 Å². The van der Waals surface area contributed by atoms with Gasteiger partial charge in [0.05, 0.1) is 11.3 Å². The molecule has 0 unspecified atom stereocenters. The van der Waals surface area contributed by atoms with Gasteiger partial charge < -0.3 is 4.74 Å². The van der Waals surface area contributed by atoms with E-state index in [4.69, 9.17) is 4.74 Å². The van der Waals surface area contributed by atoms with Gasteiger partial charge in [0.15, 0.2) is 5.90 Å². The van der Waals surface area contributed by atoms with Gasteiger partial charge in [-0.3, -0.25) is 0 Å². The van der Waals surface area contributed by atoms with Crippen LogP contribution in [0.2, 0.25) is 0 Å². The molecule has 0 aromatic heterocycles. The highest BCUT2D eigenvalue weighted by Crippen LogP contribution is 2.37. The van der Waals surface area contributed by atoms with E-state index < -0.39 is 11.7 Å².